The lowest BCUT2D eigenvalue weighted by Gasteiger charge is -2.13. The minimum atomic E-state index is 0.570. The maximum absolute atomic E-state index is 6.87. The van der Waals surface area contributed by atoms with Crippen LogP contribution in [0, 0.1) is 0 Å². The summed E-state index contributed by atoms with van der Waals surface area (Å²) in [5.41, 5.74) is 15.5. The normalized spacial score (nSPS) is 11.5. The summed E-state index contributed by atoms with van der Waals surface area (Å²) < 4.78 is 9.39. The molecule has 3 aromatic heterocycles. The standard InChI is InChI=1S/C63H39N3OS/c1-6-19-40(20-7-1)45-35-47(50-30-17-32-52-51-31-16-29-49(59(51)68-60(50)52)42-23-10-3-11-24-42)37-48(36-45)62-64-61(44-27-14-5-15-28-44)65-63(66-62)53-33-18-34-56-57(53)55-39-46(41-21-8-2-9-22-41)38-54(58(55)67-56)43-25-12-4-13-26-43/h1-39H. The summed E-state index contributed by atoms with van der Waals surface area (Å²) in [5, 5.41) is 4.46. The van der Waals surface area contributed by atoms with Gasteiger partial charge in [0.2, 0.25) is 0 Å². The van der Waals surface area contributed by atoms with E-state index >= 15 is 0 Å². The molecule has 0 radical (unpaired) electrons. The molecule has 5 heteroatoms. The summed E-state index contributed by atoms with van der Waals surface area (Å²) >= 11 is 1.86. The molecule has 0 fully saturated rings. The summed E-state index contributed by atoms with van der Waals surface area (Å²) in [4.78, 5) is 16.0. The van der Waals surface area contributed by atoms with Crippen molar-refractivity contribution in [1.82, 2.24) is 15.0 Å². The van der Waals surface area contributed by atoms with Crippen LogP contribution in [0.25, 0.3) is 132 Å². The van der Waals surface area contributed by atoms with Gasteiger partial charge >= 0.3 is 0 Å². The Hall–Kier alpha value is -8.77. The summed E-state index contributed by atoms with van der Waals surface area (Å²) in [6.07, 6.45) is 0. The number of rotatable bonds is 8. The first-order valence-corrected chi connectivity index (χ1v) is 23.6. The minimum Gasteiger partial charge on any atom is -0.455 e. The number of nitrogens with zero attached hydrogens (tertiary/aromatic N) is 3. The average Bonchev–Trinajstić information content (AvgIpc) is 4.01. The van der Waals surface area contributed by atoms with Gasteiger partial charge in [-0.1, -0.05) is 200 Å². The van der Waals surface area contributed by atoms with Crippen molar-refractivity contribution in [1.29, 1.82) is 0 Å². The van der Waals surface area contributed by atoms with Crippen molar-refractivity contribution in [3.63, 3.8) is 0 Å². The largest absolute Gasteiger partial charge is 0.455 e. The highest BCUT2D eigenvalue weighted by Crippen LogP contribution is 2.46. The number of hydrogen-bond donors (Lipinski definition) is 0. The Morgan fingerprint density at radius 3 is 1.32 bits per heavy atom. The van der Waals surface area contributed by atoms with Gasteiger partial charge in [-0.05, 0) is 86.5 Å². The van der Waals surface area contributed by atoms with E-state index in [1.54, 1.807) is 0 Å². The molecule has 0 aliphatic heterocycles. The van der Waals surface area contributed by atoms with Crippen LogP contribution in [0.2, 0.25) is 0 Å². The Kier molecular flexibility index (Phi) is 9.66. The van der Waals surface area contributed by atoms with Crippen molar-refractivity contribution in [2.24, 2.45) is 0 Å². The van der Waals surface area contributed by atoms with Gasteiger partial charge in [0.15, 0.2) is 17.5 Å². The maximum Gasteiger partial charge on any atom is 0.164 e. The third kappa shape index (κ3) is 6.96. The summed E-state index contributed by atoms with van der Waals surface area (Å²) in [7, 11) is 0. The zero-order valence-electron chi connectivity index (χ0n) is 36.7. The number of furan rings is 1. The highest BCUT2D eigenvalue weighted by atomic mass is 32.1. The third-order valence-electron chi connectivity index (χ3n) is 12.9. The average molecular weight is 886 g/mol. The van der Waals surface area contributed by atoms with Crippen molar-refractivity contribution in [2.75, 3.05) is 0 Å². The third-order valence-corrected chi connectivity index (χ3v) is 14.2. The zero-order chi connectivity index (χ0) is 45.0. The minimum absolute atomic E-state index is 0.570. The van der Waals surface area contributed by atoms with E-state index in [1.165, 1.54) is 31.3 Å². The van der Waals surface area contributed by atoms with Crippen molar-refractivity contribution in [3.05, 3.63) is 237 Å². The number of thiophene rings is 1. The highest BCUT2D eigenvalue weighted by Gasteiger charge is 2.22. The zero-order valence-corrected chi connectivity index (χ0v) is 37.5. The van der Waals surface area contributed by atoms with E-state index in [0.29, 0.717) is 17.5 Å². The van der Waals surface area contributed by atoms with E-state index in [-0.39, 0.29) is 0 Å². The number of fused-ring (bicyclic) bond motifs is 6. The Balaban J connectivity index is 1.05. The lowest BCUT2D eigenvalue weighted by molar-refractivity contribution is 0.670. The number of hydrogen-bond acceptors (Lipinski definition) is 5. The fourth-order valence-corrected chi connectivity index (χ4v) is 11.1. The Bertz CT molecular complexity index is 4000. The quantitative estimate of drug-likeness (QED) is 0.153. The van der Waals surface area contributed by atoms with E-state index in [0.717, 1.165) is 83.1 Å². The molecule has 0 aliphatic carbocycles. The van der Waals surface area contributed by atoms with Crippen LogP contribution in [0.3, 0.4) is 0 Å². The van der Waals surface area contributed by atoms with Gasteiger partial charge in [0.25, 0.3) is 0 Å². The van der Waals surface area contributed by atoms with E-state index in [9.17, 15) is 0 Å². The highest BCUT2D eigenvalue weighted by molar-refractivity contribution is 7.26. The molecule has 0 unspecified atom stereocenters. The fraction of sp³-hybridized carbons (Fsp3) is 0. The Morgan fingerprint density at radius 1 is 0.279 bits per heavy atom. The second-order valence-electron chi connectivity index (χ2n) is 17.1. The molecule has 0 bridgehead atoms. The monoisotopic (exact) mass is 885 g/mol. The van der Waals surface area contributed by atoms with Gasteiger partial charge < -0.3 is 4.42 Å². The molecule has 68 heavy (non-hydrogen) atoms. The van der Waals surface area contributed by atoms with Crippen LogP contribution in [0.1, 0.15) is 0 Å². The maximum atomic E-state index is 6.87. The Morgan fingerprint density at radius 2 is 0.721 bits per heavy atom. The first-order valence-electron chi connectivity index (χ1n) is 22.8. The molecule has 13 aromatic rings. The molecule has 0 N–H and O–H groups in total. The van der Waals surface area contributed by atoms with Crippen LogP contribution in [-0.4, -0.2) is 15.0 Å². The first kappa shape index (κ1) is 39.6. The molecule has 0 aliphatic rings. The van der Waals surface area contributed by atoms with E-state index in [1.807, 2.05) is 47.7 Å². The lowest BCUT2D eigenvalue weighted by atomic mass is 9.94. The van der Waals surface area contributed by atoms with Crippen molar-refractivity contribution >= 4 is 53.4 Å². The molecular formula is C63H39N3OS. The molecule has 0 atom stereocenters. The van der Waals surface area contributed by atoms with Crippen LogP contribution in [-0.2, 0) is 0 Å². The molecular weight excluding hydrogens is 847 g/mol. The van der Waals surface area contributed by atoms with Crippen molar-refractivity contribution < 1.29 is 4.42 Å². The van der Waals surface area contributed by atoms with Gasteiger partial charge in [-0.2, -0.15) is 0 Å². The summed E-state index contributed by atoms with van der Waals surface area (Å²) in [6.45, 7) is 0. The van der Waals surface area contributed by atoms with Gasteiger partial charge in [0.1, 0.15) is 11.2 Å². The van der Waals surface area contributed by atoms with Crippen LogP contribution in [0.4, 0.5) is 0 Å². The van der Waals surface area contributed by atoms with E-state index in [2.05, 4.69) is 200 Å². The fourth-order valence-electron chi connectivity index (χ4n) is 9.69. The van der Waals surface area contributed by atoms with Crippen molar-refractivity contribution in [3.8, 4) is 89.8 Å². The van der Waals surface area contributed by atoms with Crippen LogP contribution in [0.5, 0.6) is 0 Å². The van der Waals surface area contributed by atoms with E-state index < -0.39 is 0 Å². The molecule has 4 nitrogen and oxygen atoms in total. The number of benzene rings is 10. The smallest absolute Gasteiger partial charge is 0.164 e. The van der Waals surface area contributed by atoms with Crippen molar-refractivity contribution in [2.45, 2.75) is 0 Å². The van der Waals surface area contributed by atoms with Crippen LogP contribution >= 0.6 is 11.3 Å². The molecule has 0 spiro atoms. The summed E-state index contributed by atoms with van der Waals surface area (Å²) in [6, 6.07) is 83.3. The molecule has 3 heterocycles. The van der Waals surface area contributed by atoms with Gasteiger partial charge in [0.05, 0.1) is 0 Å². The van der Waals surface area contributed by atoms with Gasteiger partial charge in [-0.25, -0.2) is 15.0 Å². The van der Waals surface area contributed by atoms with Gasteiger partial charge in [0, 0.05) is 53.2 Å². The first-order chi connectivity index (χ1) is 33.7. The van der Waals surface area contributed by atoms with Crippen LogP contribution < -0.4 is 0 Å². The summed E-state index contributed by atoms with van der Waals surface area (Å²) in [5.74, 6) is 1.75. The van der Waals surface area contributed by atoms with Crippen LogP contribution in [0.15, 0.2) is 241 Å². The Labute approximate surface area is 397 Å². The second kappa shape index (κ2) is 16.6. The molecule has 10 aromatic carbocycles. The lowest BCUT2D eigenvalue weighted by Crippen LogP contribution is -2.01. The predicted molar refractivity (Wildman–Crippen MR) is 283 cm³/mol. The number of aromatic nitrogens is 3. The van der Waals surface area contributed by atoms with E-state index in [4.69, 9.17) is 19.4 Å². The van der Waals surface area contributed by atoms with Gasteiger partial charge in [-0.3, -0.25) is 0 Å². The van der Waals surface area contributed by atoms with Gasteiger partial charge in [-0.15, -0.1) is 11.3 Å². The molecule has 13 rings (SSSR count). The predicted octanol–water partition coefficient (Wildman–Crippen LogP) is 17.5. The SMILES string of the molecule is c1ccc(-c2cc(-c3nc(-c4ccccc4)nc(-c4cccc5oc6c(-c7ccccc7)cc(-c7ccccc7)cc6c45)n3)cc(-c3cccc4c3sc3c(-c5ccccc5)cccc34)c2)cc1. The molecule has 0 saturated heterocycles. The molecule has 318 valence electrons. The topological polar surface area (TPSA) is 51.8 Å². The molecule has 0 amide bonds. The molecule has 0 saturated carbocycles. The second-order valence-corrected chi connectivity index (χ2v) is 18.1.